The molecular weight excluding hydrogens is 209 g/mol. The van der Waals surface area contributed by atoms with Gasteiger partial charge in [0.15, 0.2) is 0 Å². The van der Waals surface area contributed by atoms with Gasteiger partial charge in [0.05, 0.1) is 5.71 Å². The summed E-state index contributed by atoms with van der Waals surface area (Å²) in [5.74, 6) is 0.675. The Labute approximate surface area is 94.5 Å². The van der Waals surface area contributed by atoms with Crippen molar-refractivity contribution in [2.24, 2.45) is 5.16 Å². The van der Waals surface area contributed by atoms with Crippen LogP contribution in [0.25, 0.3) is 0 Å². The van der Waals surface area contributed by atoms with Gasteiger partial charge in [-0.05, 0) is 37.5 Å². The second kappa shape index (κ2) is 6.82. The normalized spacial score (nSPS) is 11.5. The first kappa shape index (κ1) is 12.5. The fourth-order valence-corrected chi connectivity index (χ4v) is 1.28. The van der Waals surface area contributed by atoms with Gasteiger partial charge in [-0.2, -0.15) is 0 Å². The molecule has 0 heterocycles. The van der Waals surface area contributed by atoms with Crippen LogP contribution >= 0.6 is 0 Å². The molecule has 0 saturated carbocycles. The Morgan fingerprint density at radius 1 is 1.38 bits per heavy atom. The van der Waals surface area contributed by atoms with Crippen LogP contribution in [0.1, 0.15) is 18.9 Å². The highest BCUT2D eigenvalue weighted by atomic mass is 19.1. The van der Waals surface area contributed by atoms with Crippen molar-refractivity contribution in [2.75, 3.05) is 13.3 Å². The lowest BCUT2D eigenvalue weighted by molar-refractivity contribution is 0.273. The Hall–Kier alpha value is -1.58. The van der Waals surface area contributed by atoms with E-state index in [0.29, 0.717) is 11.5 Å². The summed E-state index contributed by atoms with van der Waals surface area (Å²) in [6.07, 6.45) is 1.54. The number of nitrogens with zero attached hydrogens (tertiary/aromatic N) is 1. The molecule has 1 N–H and O–H groups in total. The van der Waals surface area contributed by atoms with Gasteiger partial charge in [0, 0.05) is 0 Å². The quantitative estimate of drug-likeness (QED) is 0.459. The zero-order valence-corrected chi connectivity index (χ0v) is 9.32. The summed E-state index contributed by atoms with van der Waals surface area (Å²) in [4.78, 5) is 0. The van der Waals surface area contributed by atoms with Gasteiger partial charge >= 0.3 is 0 Å². The highest BCUT2D eigenvalue weighted by molar-refractivity contribution is 5.81. The van der Waals surface area contributed by atoms with Crippen LogP contribution in [0.3, 0.4) is 0 Å². The minimum atomic E-state index is -0.478. The molecule has 0 aliphatic carbocycles. The van der Waals surface area contributed by atoms with Crippen LogP contribution in [0, 0.1) is 0 Å². The Bertz CT molecular complexity index is 335. The molecule has 0 atom stereocenters. The maximum atomic E-state index is 11.8. The lowest BCUT2D eigenvalue weighted by Gasteiger charge is -2.05. The molecule has 0 spiro atoms. The van der Waals surface area contributed by atoms with E-state index in [-0.39, 0.29) is 6.61 Å². The lowest BCUT2D eigenvalue weighted by Crippen LogP contribution is -1.99. The van der Waals surface area contributed by atoms with Crippen molar-refractivity contribution in [1.82, 2.24) is 0 Å². The third kappa shape index (κ3) is 4.29. The van der Waals surface area contributed by atoms with E-state index in [1.807, 2.05) is 24.3 Å². The highest BCUT2D eigenvalue weighted by Crippen LogP contribution is 2.13. The molecule has 0 aliphatic rings. The summed E-state index contributed by atoms with van der Waals surface area (Å²) in [6.45, 7) is 1.39. The summed E-state index contributed by atoms with van der Waals surface area (Å²) < 4.78 is 17.0. The second-order valence-corrected chi connectivity index (χ2v) is 3.52. The van der Waals surface area contributed by atoms with Crippen molar-refractivity contribution in [2.45, 2.75) is 19.8 Å². The number of rotatable bonds is 6. The topological polar surface area (TPSA) is 41.8 Å². The second-order valence-electron chi connectivity index (χ2n) is 3.52. The summed E-state index contributed by atoms with van der Waals surface area (Å²) in [6, 6.07) is 7.49. The molecule has 0 fully saturated rings. The predicted molar refractivity (Wildman–Crippen MR) is 61.1 cm³/mol. The zero-order chi connectivity index (χ0) is 11.8. The average molecular weight is 225 g/mol. The third-order valence-electron chi connectivity index (χ3n) is 2.22. The molecule has 0 aliphatic heterocycles. The van der Waals surface area contributed by atoms with E-state index in [9.17, 15) is 4.39 Å². The van der Waals surface area contributed by atoms with E-state index in [4.69, 9.17) is 9.94 Å². The van der Waals surface area contributed by atoms with E-state index in [1.54, 1.807) is 6.92 Å². The molecule has 88 valence electrons. The van der Waals surface area contributed by atoms with Gasteiger partial charge in [-0.3, -0.25) is 0 Å². The van der Waals surface area contributed by atoms with Crippen LogP contribution in [0.15, 0.2) is 29.4 Å². The number of oxime groups is 1. The van der Waals surface area contributed by atoms with E-state index in [2.05, 4.69) is 5.16 Å². The Balaban J connectivity index is 2.45. The minimum absolute atomic E-state index is 0.0929. The molecule has 4 heteroatoms. The highest BCUT2D eigenvalue weighted by Gasteiger charge is 1.97. The van der Waals surface area contributed by atoms with E-state index >= 15 is 0 Å². The Morgan fingerprint density at radius 3 is 2.62 bits per heavy atom. The van der Waals surface area contributed by atoms with Crippen molar-refractivity contribution in [3.63, 3.8) is 0 Å². The summed E-state index contributed by atoms with van der Waals surface area (Å²) in [7, 11) is 0. The van der Waals surface area contributed by atoms with Crippen LogP contribution in [0.4, 0.5) is 4.39 Å². The molecule has 16 heavy (non-hydrogen) atoms. The molecule has 0 saturated heterocycles. The Morgan fingerprint density at radius 2 is 2.06 bits per heavy atom. The van der Waals surface area contributed by atoms with Crippen LogP contribution < -0.4 is 4.74 Å². The maximum Gasteiger partial charge on any atom is 0.123 e. The van der Waals surface area contributed by atoms with Crippen molar-refractivity contribution >= 4 is 5.71 Å². The van der Waals surface area contributed by atoms with Gasteiger partial charge < -0.3 is 9.94 Å². The maximum absolute atomic E-state index is 11.8. The number of halogens is 1. The Kier molecular flexibility index (Phi) is 5.32. The number of aryl methyl sites for hydroxylation is 1. The van der Waals surface area contributed by atoms with Crippen LogP contribution in [0.2, 0.25) is 0 Å². The fraction of sp³-hybridized carbons (Fsp3) is 0.417. The molecule has 0 unspecified atom stereocenters. The number of hydrogen-bond acceptors (Lipinski definition) is 3. The first-order valence-electron chi connectivity index (χ1n) is 5.21. The van der Waals surface area contributed by atoms with E-state index in [0.717, 1.165) is 18.4 Å². The summed E-state index contributed by atoms with van der Waals surface area (Å²) >= 11 is 0. The molecule has 1 aromatic rings. The molecule has 1 aromatic carbocycles. The minimum Gasteiger partial charge on any atom is -0.491 e. The van der Waals surface area contributed by atoms with Crippen LogP contribution in [-0.4, -0.2) is 24.2 Å². The lowest BCUT2D eigenvalue weighted by atomic mass is 10.1. The molecule has 1 rings (SSSR count). The number of ether oxygens (including phenoxy) is 1. The van der Waals surface area contributed by atoms with Gasteiger partial charge in [-0.1, -0.05) is 17.3 Å². The fourth-order valence-electron chi connectivity index (χ4n) is 1.28. The molecule has 0 amide bonds. The third-order valence-corrected chi connectivity index (χ3v) is 2.22. The molecule has 0 bridgehead atoms. The monoisotopic (exact) mass is 225 g/mol. The average Bonchev–Trinajstić information content (AvgIpc) is 2.34. The predicted octanol–water partition coefficient (Wildman–Crippen LogP) is 2.82. The van der Waals surface area contributed by atoms with Gasteiger partial charge in [-0.25, -0.2) is 4.39 Å². The van der Waals surface area contributed by atoms with Crippen LogP contribution in [-0.2, 0) is 6.42 Å². The van der Waals surface area contributed by atoms with Crippen molar-refractivity contribution in [3.8, 4) is 5.75 Å². The molecule has 0 aromatic heterocycles. The van der Waals surface area contributed by atoms with Crippen LogP contribution in [0.5, 0.6) is 5.75 Å². The molecule has 3 nitrogen and oxygen atoms in total. The van der Waals surface area contributed by atoms with Gasteiger partial charge in [0.25, 0.3) is 0 Å². The first-order chi connectivity index (χ1) is 7.76. The van der Waals surface area contributed by atoms with Gasteiger partial charge in [0.2, 0.25) is 0 Å². The van der Waals surface area contributed by atoms with Crippen molar-refractivity contribution in [1.29, 1.82) is 0 Å². The number of alkyl halides is 1. The standard InChI is InChI=1S/C12H16FNO2/c1-10(14-15)2-3-11-4-6-12(7-5-11)16-9-8-13/h4-7,15H,2-3,8-9H2,1H3/b14-10-. The largest absolute Gasteiger partial charge is 0.491 e. The smallest absolute Gasteiger partial charge is 0.123 e. The van der Waals surface area contributed by atoms with Crippen molar-refractivity contribution < 1.29 is 14.3 Å². The SMILES string of the molecule is C/C(CCc1ccc(OCCF)cc1)=N/O. The van der Waals surface area contributed by atoms with Gasteiger partial charge in [-0.15, -0.1) is 0 Å². The zero-order valence-electron chi connectivity index (χ0n) is 9.32. The molecule has 0 radical (unpaired) electrons. The number of benzene rings is 1. The number of hydrogen-bond donors (Lipinski definition) is 1. The van der Waals surface area contributed by atoms with E-state index in [1.165, 1.54) is 0 Å². The van der Waals surface area contributed by atoms with E-state index < -0.39 is 6.67 Å². The van der Waals surface area contributed by atoms with Gasteiger partial charge in [0.1, 0.15) is 19.0 Å². The first-order valence-corrected chi connectivity index (χ1v) is 5.21. The summed E-state index contributed by atoms with van der Waals surface area (Å²) in [5, 5.41) is 11.6. The molecular formula is C12H16FNO2. The van der Waals surface area contributed by atoms with Crippen molar-refractivity contribution in [3.05, 3.63) is 29.8 Å². The summed E-state index contributed by atoms with van der Waals surface area (Å²) in [5.41, 5.74) is 1.84.